The maximum absolute atomic E-state index is 12.1. The van der Waals surface area contributed by atoms with Gasteiger partial charge in [0.1, 0.15) is 0 Å². The molecule has 0 aliphatic heterocycles. The molecule has 0 aliphatic carbocycles. The summed E-state index contributed by atoms with van der Waals surface area (Å²) in [6, 6.07) is 14.0. The number of rotatable bonds is 4. The molecule has 6 nitrogen and oxygen atoms in total. The number of aromatic nitrogens is 2. The predicted octanol–water partition coefficient (Wildman–Crippen LogP) is 4.04. The van der Waals surface area contributed by atoms with Crippen molar-refractivity contribution in [3.05, 3.63) is 53.6 Å². The summed E-state index contributed by atoms with van der Waals surface area (Å²) in [6.07, 6.45) is -0.547. The second-order valence-electron chi connectivity index (χ2n) is 5.03. The third-order valence-electron chi connectivity index (χ3n) is 3.35. The van der Waals surface area contributed by atoms with Crippen LogP contribution in [0.5, 0.6) is 0 Å². The fraction of sp³-hybridized carbons (Fsp3) is 0.118. The first-order chi connectivity index (χ1) is 12.1. The molecular formula is C17H14ClN3O3S. The Hall–Kier alpha value is -2.51. The van der Waals surface area contributed by atoms with Crippen molar-refractivity contribution in [2.45, 2.75) is 5.16 Å². The molecule has 0 radical (unpaired) electrons. The maximum atomic E-state index is 12.1. The van der Waals surface area contributed by atoms with Gasteiger partial charge in [0, 0.05) is 10.7 Å². The molecule has 1 heterocycles. The number of halogens is 1. The standard InChI is InChI=1S/C17H14ClN3O3S/c1-24-17(23)21-14-5-3-2-4-13(14)20-16(21)25-10-15(22)19-12-8-6-11(18)7-9-12/h2-9H,10H2,1H3,(H,19,22). The maximum Gasteiger partial charge on any atom is 0.420 e. The molecule has 25 heavy (non-hydrogen) atoms. The second kappa shape index (κ2) is 7.58. The normalized spacial score (nSPS) is 10.6. The third kappa shape index (κ3) is 3.94. The van der Waals surface area contributed by atoms with Gasteiger partial charge in [-0.15, -0.1) is 0 Å². The zero-order valence-electron chi connectivity index (χ0n) is 13.2. The molecule has 0 spiro atoms. The van der Waals surface area contributed by atoms with Crippen molar-refractivity contribution in [2.75, 3.05) is 18.2 Å². The molecule has 0 aliphatic rings. The molecule has 2 aromatic carbocycles. The van der Waals surface area contributed by atoms with Gasteiger partial charge in [-0.05, 0) is 36.4 Å². The van der Waals surface area contributed by atoms with Gasteiger partial charge in [0.15, 0.2) is 5.16 Å². The number of methoxy groups -OCH3 is 1. The van der Waals surface area contributed by atoms with E-state index in [4.69, 9.17) is 16.3 Å². The summed E-state index contributed by atoms with van der Waals surface area (Å²) in [6.45, 7) is 0. The molecule has 0 atom stereocenters. The van der Waals surface area contributed by atoms with Gasteiger partial charge in [-0.25, -0.2) is 14.3 Å². The number of carbonyl (C=O) groups is 2. The van der Waals surface area contributed by atoms with Crippen LogP contribution in [0.2, 0.25) is 5.02 Å². The Balaban J connectivity index is 1.75. The average molecular weight is 376 g/mol. The van der Waals surface area contributed by atoms with Gasteiger partial charge in [0.05, 0.1) is 23.9 Å². The average Bonchev–Trinajstić information content (AvgIpc) is 2.99. The predicted molar refractivity (Wildman–Crippen MR) is 98.3 cm³/mol. The summed E-state index contributed by atoms with van der Waals surface area (Å²) in [7, 11) is 1.30. The molecular weight excluding hydrogens is 362 g/mol. The number of imidazole rings is 1. The lowest BCUT2D eigenvalue weighted by Crippen LogP contribution is -2.16. The quantitative estimate of drug-likeness (QED) is 0.697. The Labute approximate surface area is 153 Å². The first-order valence-electron chi connectivity index (χ1n) is 7.32. The summed E-state index contributed by atoms with van der Waals surface area (Å²) in [5, 5.41) is 3.76. The van der Waals surface area contributed by atoms with E-state index >= 15 is 0 Å². The van der Waals surface area contributed by atoms with Crippen LogP contribution in [0, 0.1) is 0 Å². The molecule has 0 saturated carbocycles. The Morgan fingerprint density at radius 2 is 1.92 bits per heavy atom. The molecule has 3 rings (SSSR count). The monoisotopic (exact) mass is 375 g/mol. The molecule has 1 amide bonds. The third-order valence-corrected chi connectivity index (χ3v) is 4.54. The highest BCUT2D eigenvalue weighted by atomic mass is 35.5. The molecule has 0 saturated heterocycles. The van der Waals surface area contributed by atoms with E-state index < -0.39 is 6.09 Å². The minimum atomic E-state index is -0.547. The van der Waals surface area contributed by atoms with Crippen LogP contribution in [0.1, 0.15) is 0 Å². The van der Waals surface area contributed by atoms with Crippen LogP contribution in [0.15, 0.2) is 53.7 Å². The number of anilines is 1. The minimum absolute atomic E-state index is 0.100. The van der Waals surface area contributed by atoms with Crippen LogP contribution in [0.4, 0.5) is 10.5 Å². The number of nitrogens with one attached hydrogen (secondary N) is 1. The number of fused-ring (bicyclic) bond motifs is 1. The van der Waals surface area contributed by atoms with Gasteiger partial charge >= 0.3 is 6.09 Å². The van der Waals surface area contributed by atoms with Gasteiger partial charge in [-0.1, -0.05) is 35.5 Å². The lowest BCUT2D eigenvalue weighted by Gasteiger charge is -2.07. The summed E-state index contributed by atoms with van der Waals surface area (Å²) in [4.78, 5) is 28.6. The number of thioether (sulfide) groups is 1. The highest BCUT2D eigenvalue weighted by molar-refractivity contribution is 7.99. The summed E-state index contributed by atoms with van der Waals surface area (Å²) < 4.78 is 6.17. The van der Waals surface area contributed by atoms with Crippen molar-refractivity contribution in [1.29, 1.82) is 0 Å². The minimum Gasteiger partial charge on any atom is -0.452 e. The van der Waals surface area contributed by atoms with Crippen molar-refractivity contribution in [2.24, 2.45) is 0 Å². The number of hydrogen-bond donors (Lipinski definition) is 1. The zero-order chi connectivity index (χ0) is 17.8. The van der Waals surface area contributed by atoms with Gasteiger partial charge in [-0.3, -0.25) is 4.79 Å². The molecule has 128 valence electrons. The Bertz CT molecular complexity index is 925. The lowest BCUT2D eigenvalue weighted by molar-refractivity contribution is -0.113. The SMILES string of the molecule is COC(=O)n1c(SCC(=O)Nc2ccc(Cl)cc2)nc2ccccc21. The van der Waals surface area contributed by atoms with Gasteiger partial charge in [0.2, 0.25) is 5.91 Å². The van der Waals surface area contributed by atoms with E-state index in [9.17, 15) is 9.59 Å². The van der Waals surface area contributed by atoms with E-state index in [1.54, 1.807) is 36.4 Å². The smallest absolute Gasteiger partial charge is 0.420 e. The fourth-order valence-corrected chi connectivity index (χ4v) is 3.15. The zero-order valence-corrected chi connectivity index (χ0v) is 14.8. The number of benzene rings is 2. The van der Waals surface area contributed by atoms with E-state index in [0.717, 1.165) is 11.8 Å². The topological polar surface area (TPSA) is 73.2 Å². The van der Waals surface area contributed by atoms with E-state index in [1.807, 2.05) is 12.1 Å². The number of ether oxygens (including phenoxy) is 1. The molecule has 8 heteroatoms. The molecule has 1 N–H and O–H groups in total. The highest BCUT2D eigenvalue weighted by Gasteiger charge is 2.18. The first kappa shape index (κ1) is 17.3. The van der Waals surface area contributed by atoms with E-state index in [-0.39, 0.29) is 11.7 Å². The number of hydrogen-bond acceptors (Lipinski definition) is 5. The van der Waals surface area contributed by atoms with Crippen molar-refractivity contribution in [3.63, 3.8) is 0 Å². The molecule has 0 fully saturated rings. The largest absolute Gasteiger partial charge is 0.452 e. The highest BCUT2D eigenvalue weighted by Crippen LogP contribution is 2.24. The number of amides is 1. The summed E-state index contributed by atoms with van der Waals surface area (Å²) >= 11 is 6.98. The van der Waals surface area contributed by atoms with Crippen molar-refractivity contribution in [3.8, 4) is 0 Å². The van der Waals surface area contributed by atoms with Crippen LogP contribution in [0.25, 0.3) is 11.0 Å². The van der Waals surface area contributed by atoms with Gasteiger partial charge < -0.3 is 10.1 Å². The van der Waals surface area contributed by atoms with Gasteiger partial charge in [0.25, 0.3) is 0 Å². The summed E-state index contributed by atoms with van der Waals surface area (Å²) in [5.74, 6) is -0.112. The molecule has 3 aromatic rings. The fourth-order valence-electron chi connectivity index (χ4n) is 2.23. The number of carbonyl (C=O) groups excluding carboxylic acids is 2. The second-order valence-corrected chi connectivity index (χ2v) is 6.41. The molecule has 0 unspecified atom stereocenters. The van der Waals surface area contributed by atoms with Crippen LogP contribution in [-0.4, -0.2) is 34.4 Å². The molecule has 0 bridgehead atoms. The van der Waals surface area contributed by atoms with Crippen LogP contribution >= 0.6 is 23.4 Å². The van der Waals surface area contributed by atoms with Crippen molar-refractivity contribution >= 4 is 52.1 Å². The van der Waals surface area contributed by atoms with E-state index in [2.05, 4.69) is 10.3 Å². The number of nitrogens with zero attached hydrogens (tertiary/aromatic N) is 2. The number of para-hydroxylation sites is 2. The summed E-state index contributed by atoms with van der Waals surface area (Å²) in [5.41, 5.74) is 1.94. The van der Waals surface area contributed by atoms with Gasteiger partial charge in [-0.2, -0.15) is 0 Å². The first-order valence-corrected chi connectivity index (χ1v) is 8.69. The van der Waals surface area contributed by atoms with E-state index in [0.29, 0.717) is 26.9 Å². The van der Waals surface area contributed by atoms with Crippen LogP contribution in [0.3, 0.4) is 0 Å². The van der Waals surface area contributed by atoms with Crippen molar-refractivity contribution in [1.82, 2.24) is 9.55 Å². The Morgan fingerprint density at radius 1 is 1.20 bits per heavy atom. The lowest BCUT2D eigenvalue weighted by atomic mass is 10.3. The van der Waals surface area contributed by atoms with Crippen molar-refractivity contribution < 1.29 is 14.3 Å². The van der Waals surface area contributed by atoms with Crippen LogP contribution < -0.4 is 5.32 Å². The Morgan fingerprint density at radius 3 is 2.64 bits per heavy atom. The molecule has 1 aromatic heterocycles. The Kier molecular flexibility index (Phi) is 5.25. The van der Waals surface area contributed by atoms with E-state index in [1.165, 1.54) is 11.7 Å². The van der Waals surface area contributed by atoms with Crippen LogP contribution in [-0.2, 0) is 9.53 Å².